The van der Waals surface area contributed by atoms with E-state index in [2.05, 4.69) is 15.5 Å². The number of thiazole rings is 1. The van der Waals surface area contributed by atoms with Gasteiger partial charge in [0, 0.05) is 28.1 Å². The van der Waals surface area contributed by atoms with Crippen molar-refractivity contribution in [2.45, 2.75) is 26.7 Å². The zero-order valence-electron chi connectivity index (χ0n) is 13.3. The number of nitrogens with zero attached hydrogens (tertiary/aromatic N) is 2. The Morgan fingerprint density at radius 3 is 2.83 bits per heavy atom. The molecule has 1 aromatic carbocycles. The van der Waals surface area contributed by atoms with Crippen LogP contribution in [0.3, 0.4) is 0 Å². The van der Waals surface area contributed by atoms with Crippen molar-refractivity contribution in [3.8, 4) is 0 Å². The Morgan fingerprint density at radius 2 is 2.12 bits per heavy atom. The van der Waals surface area contributed by atoms with Crippen molar-refractivity contribution >= 4 is 34.0 Å². The van der Waals surface area contributed by atoms with E-state index in [-0.39, 0.29) is 12.3 Å². The third-order valence-corrected chi connectivity index (χ3v) is 4.92. The molecule has 3 rings (SSSR count). The molecule has 1 N–H and O–H groups in total. The lowest BCUT2D eigenvalue weighted by atomic mass is 10.1. The highest BCUT2D eigenvalue weighted by atomic mass is 35.5. The normalized spacial score (nSPS) is 10.8. The number of halogens is 1. The summed E-state index contributed by atoms with van der Waals surface area (Å²) in [5, 5.41) is 7.99. The van der Waals surface area contributed by atoms with Crippen LogP contribution in [0.4, 0.5) is 5.13 Å². The summed E-state index contributed by atoms with van der Waals surface area (Å²) in [6.07, 6.45) is 2.68. The minimum atomic E-state index is -0.136. The number of benzene rings is 1. The monoisotopic (exact) mass is 361 g/mol. The summed E-state index contributed by atoms with van der Waals surface area (Å²) in [7, 11) is 0. The molecule has 2 heterocycles. The second-order valence-corrected chi connectivity index (χ2v) is 6.95. The highest BCUT2D eigenvalue weighted by Crippen LogP contribution is 2.25. The second-order valence-electron chi connectivity index (χ2n) is 5.43. The maximum atomic E-state index is 12.2. The molecule has 0 unspecified atom stereocenters. The number of carbonyl (C=O) groups is 1. The molecule has 0 aliphatic rings. The Kier molecular flexibility index (Phi) is 4.97. The average Bonchev–Trinajstić information content (AvgIpc) is 3.11. The van der Waals surface area contributed by atoms with Gasteiger partial charge in [0.05, 0.1) is 12.1 Å². The number of aromatic nitrogens is 2. The van der Waals surface area contributed by atoms with E-state index >= 15 is 0 Å². The quantitative estimate of drug-likeness (QED) is 0.740. The number of hydrogen-bond donors (Lipinski definition) is 1. The van der Waals surface area contributed by atoms with Gasteiger partial charge in [0.25, 0.3) is 0 Å². The smallest absolute Gasteiger partial charge is 0.230 e. The van der Waals surface area contributed by atoms with Gasteiger partial charge in [0.1, 0.15) is 5.76 Å². The van der Waals surface area contributed by atoms with Crippen LogP contribution in [0.15, 0.2) is 35.0 Å². The highest BCUT2D eigenvalue weighted by molar-refractivity contribution is 7.15. The Bertz CT molecular complexity index is 853. The first kappa shape index (κ1) is 16.7. The van der Waals surface area contributed by atoms with Crippen LogP contribution >= 0.6 is 22.9 Å². The highest BCUT2D eigenvalue weighted by Gasteiger charge is 2.15. The zero-order chi connectivity index (χ0) is 17.1. The number of aryl methyl sites for hydroxylation is 2. The van der Waals surface area contributed by atoms with Gasteiger partial charge in [-0.05, 0) is 25.5 Å². The predicted octanol–water partition coefficient (Wildman–Crippen LogP) is 4.17. The second kappa shape index (κ2) is 7.15. The van der Waals surface area contributed by atoms with Crippen LogP contribution in [0.2, 0.25) is 5.02 Å². The van der Waals surface area contributed by atoms with Crippen molar-refractivity contribution < 1.29 is 9.32 Å². The Labute approximate surface area is 148 Å². The van der Waals surface area contributed by atoms with Crippen LogP contribution < -0.4 is 5.32 Å². The molecule has 7 heteroatoms. The van der Waals surface area contributed by atoms with Gasteiger partial charge in [-0.2, -0.15) is 0 Å². The van der Waals surface area contributed by atoms with Crippen molar-refractivity contribution in [1.29, 1.82) is 0 Å². The van der Waals surface area contributed by atoms with Crippen LogP contribution in [0.25, 0.3) is 0 Å². The van der Waals surface area contributed by atoms with Crippen LogP contribution in [0.1, 0.15) is 27.5 Å². The molecule has 0 aliphatic heterocycles. The summed E-state index contributed by atoms with van der Waals surface area (Å²) in [5.74, 6) is 0.532. The number of amides is 1. The molecule has 5 nitrogen and oxygen atoms in total. The fraction of sp³-hybridized carbons (Fsp3) is 0.235. The van der Waals surface area contributed by atoms with Crippen molar-refractivity contribution in [3.05, 3.63) is 62.9 Å². The molecule has 124 valence electrons. The van der Waals surface area contributed by atoms with Gasteiger partial charge in [0.15, 0.2) is 5.13 Å². The Balaban J connectivity index is 1.64. The van der Waals surface area contributed by atoms with Crippen LogP contribution in [-0.2, 0) is 17.6 Å². The van der Waals surface area contributed by atoms with E-state index in [1.165, 1.54) is 11.3 Å². The van der Waals surface area contributed by atoms with Crippen LogP contribution in [0, 0.1) is 13.8 Å². The first-order chi connectivity index (χ1) is 11.5. The molecule has 0 atom stereocenters. The van der Waals surface area contributed by atoms with E-state index < -0.39 is 0 Å². The molecule has 0 saturated carbocycles. The standard InChI is InChI=1S/C17H16ClN3O2S/c1-10-14(11(2)23-21-10)8-16(22)20-17-19-9-13(24-17)7-12-5-3-4-6-15(12)18/h3-6,9H,7-8H2,1-2H3,(H,19,20,22). The SMILES string of the molecule is Cc1noc(C)c1CC(=O)Nc1ncc(Cc2ccccc2Cl)s1. The fourth-order valence-electron chi connectivity index (χ4n) is 2.35. The molecule has 0 aliphatic carbocycles. The number of hydrogen-bond acceptors (Lipinski definition) is 5. The topological polar surface area (TPSA) is 68.0 Å². The third kappa shape index (κ3) is 3.83. The zero-order valence-corrected chi connectivity index (χ0v) is 14.9. The van der Waals surface area contributed by atoms with Crippen LogP contribution in [-0.4, -0.2) is 16.0 Å². The van der Waals surface area contributed by atoms with E-state index in [9.17, 15) is 4.79 Å². The summed E-state index contributed by atoms with van der Waals surface area (Å²) < 4.78 is 5.07. The van der Waals surface area contributed by atoms with E-state index in [1.807, 2.05) is 31.2 Å². The van der Waals surface area contributed by atoms with Crippen molar-refractivity contribution in [3.63, 3.8) is 0 Å². The first-order valence-corrected chi connectivity index (χ1v) is 8.62. The number of nitrogens with one attached hydrogen (secondary N) is 1. The summed E-state index contributed by atoms with van der Waals surface area (Å²) in [6, 6.07) is 7.70. The molecule has 0 saturated heterocycles. The fourth-order valence-corrected chi connectivity index (χ4v) is 3.41. The predicted molar refractivity (Wildman–Crippen MR) is 94.7 cm³/mol. The lowest BCUT2D eigenvalue weighted by molar-refractivity contribution is -0.115. The lowest BCUT2D eigenvalue weighted by Gasteiger charge is -2.02. The van der Waals surface area contributed by atoms with E-state index in [4.69, 9.17) is 16.1 Å². The molecular weight excluding hydrogens is 346 g/mol. The van der Waals surface area contributed by atoms with E-state index in [0.29, 0.717) is 17.3 Å². The molecule has 24 heavy (non-hydrogen) atoms. The minimum Gasteiger partial charge on any atom is -0.361 e. The maximum Gasteiger partial charge on any atom is 0.230 e. The van der Waals surface area contributed by atoms with Crippen molar-refractivity contribution in [2.75, 3.05) is 5.32 Å². The average molecular weight is 362 g/mol. The van der Waals surface area contributed by atoms with Gasteiger partial charge in [0.2, 0.25) is 5.91 Å². The van der Waals surface area contributed by atoms with Gasteiger partial charge < -0.3 is 9.84 Å². The van der Waals surface area contributed by atoms with Crippen molar-refractivity contribution in [1.82, 2.24) is 10.1 Å². The van der Waals surface area contributed by atoms with E-state index in [0.717, 1.165) is 26.7 Å². The summed E-state index contributed by atoms with van der Waals surface area (Å²) in [5.41, 5.74) is 2.60. The van der Waals surface area contributed by atoms with Crippen LogP contribution in [0.5, 0.6) is 0 Å². The van der Waals surface area contributed by atoms with Gasteiger partial charge in [-0.1, -0.05) is 35.0 Å². The lowest BCUT2D eigenvalue weighted by Crippen LogP contribution is -2.14. The van der Waals surface area contributed by atoms with Crippen molar-refractivity contribution in [2.24, 2.45) is 0 Å². The molecular formula is C17H16ClN3O2S. The Morgan fingerprint density at radius 1 is 1.33 bits per heavy atom. The molecule has 0 fully saturated rings. The van der Waals surface area contributed by atoms with E-state index in [1.54, 1.807) is 13.1 Å². The Hall–Kier alpha value is -2.18. The largest absolute Gasteiger partial charge is 0.361 e. The van der Waals surface area contributed by atoms with Gasteiger partial charge in [-0.3, -0.25) is 4.79 Å². The third-order valence-electron chi connectivity index (χ3n) is 3.64. The molecule has 3 aromatic rings. The minimum absolute atomic E-state index is 0.136. The summed E-state index contributed by atoms with van der Waals surface area (Å²) in [6.45, 7) is 3.62. The molecule has 0 bridgehead atoms. The molecule has 1 amide bonds. The number of carbonyl (C=O) groups excluding carboxylic acids is 1. The first-order valence-electron chi connectivity index (χ1n) is 7.42. The summed E-state index contributed by atoms with van der Waals surface area (Å²) >= 11 is 7.62. The van der Waals surface area contributed by atoms with Gasteiger partial charge >= 0.3 is 0 Å². The van der Waals surface area contributed by atoms with Gasteiger partial charge in [-0.15, -0.1) is 11.3 Å². The number of anilines is 1. The van der Waals surface area contributed by atoms with Gasteiger partial charge in [-0.25, -0.2) is 4.98 Å². The number of rotatable bonds is 5. The molecule has 2 aromatic heterocycles. The molecule has 0 radical (unpaired) electrons. The summed E-state index contributed by atoms with van der Waals surface area (Å²) in [4.78, 5) is 17.5. The molecule has 0 spiro atoms. The maximum absolute atomic E-state index is 12.2.